The van der Waals surface area contributed by atoms with Crippen LogP contribution in [0, 0.1) is 0 Å². The van der Waals surface area contributed by atoms with E-state index in [1.165, 1.54) is 0 Å². The van der Waals surface area contributed by atoms with Gasteiger partial charge in [-0.3, -0.25) is 4.57 Å². The zero-order valence-electron chi connectivity index (χ0n) is 8.35. The lowest BCUT2D eigenvalue weighted by atomic mass is 10.4. The van der Waals surface area contributed by atoms with Gasteiger partial charge in [0.15, 0.2) is 0 Å². The van der Waals surface area contributed by atoms with Crippen molar-refractivity contribution in [2.24, 2.45) is 0 Å². The van der Waals surface area contributed by atoms with Gasteiger partial charge in [-0.1, -0.05) is 11.6 Å². The summed E-state index contributed by atoms with van der Waals surface area (Å²) >= 11 is 5.75. The molecule has 2 rings (SSSR count). The van der Waals surface area contributed by atoms with Crippen LogP contribution in [0.1, 0.15) is 0 Å². The van der Waals surface area contributed by atoms with E-state index in [0.29, 0.717) is 23.5 Å². The molecule has 1 heterocycles. The maximum absolute atomic E-state index is 12.1. The fourth-order valence-electron chi connectivity index (χ4n) is 1.18. The van der Waals surface area contributed by atoms with Gasteiger partial charge in [0.2, 0.25) is 7.37 Å². The molecule has 1 aromatic rings. The SMILES string of the molecule is CP(=O)(OCC1CO1)c1ccc(Cl)cc1. The highest BCUT2D eigenvalue weighted by atomic mass is 35.5. The van der Waals surface area contributed by atoms with E-state index >= 15 is 0 Å². The van der Waals surface area contributed by atoms with Crippen LogP contribution in [-0.4, -0.2) is 26.0 Å². The molecule has 0 spiro atoms. The van der Waals surface area contributed by atoms with Crippen LogP contribution in [0.25, 0.3) is 0 Å². The van der Waals surface area contributed by atoms with Crippen molar-refractivity contribution in [1.82, 2.24) is 0 Å². The molecule has 1 aliphatic heterocycles. The van der Waals surface area contributed by atoms with Crippen LogP contribution in [0.3, 0.4) is 0 Å². The molecular weight excluding hydrogens is 235 g/mol. The van der Waals surface area contributed by atoms with Crippen LogP contribution in [0.2, 0.25) is 5.02 Å². The number of rotatable bonds is 4. The van der Waals surface area contributed by atoms with E-state index in [1.807, 2.05) is 0 Å². The van der Waals surface area contributed by atoms with Crippen molar-refractivity contribution >= 4 is 24.3 Å². The lowest BCUT2D eigenvalue weighted by molar-refractivity contribution is 0.269. The first-order valence-electron chi connectivity index (χ1n) is 4.68. The average molecular weight is 247 g/mol. The summed E-state index contributed by atoms with van der Waals surface area (Å²) in [5.74, 6) is 0. The van der Waals surface area contributed by atoms with Gasteiger partial charge in [0.05, 0.1) is 13.2 Å². The van der Waals surface area contributed by atoms with Gasteiger partial charge in [0.25, 0.3) is 0 Å². The van der Waals surface area contributed by atoms with Crippen molar-refractivity contribution in [1.29, 1.82) is 0 Å². The molecule has 82 valence electrons. The first kappa shape index (κ1) is 11.2. The Bertz CT molecular complexity index is 386. The van der Waals surface area contributed by atoms with Gasteiger partial charge < -0.3 is 9.26 Å². The summed E-state index contributed by atoms with van der Waals surface area (Å²) in [5, 5.41) is 1.32. The van der Waals surface area contributed by atoms with Crippen molar-refractivity contribution < 1.29 is 13.8 Å². The van der Waals surface area contributed by atoms with Gasteiger partial charge >= 0.3 is 0 Å². The maximum Gasteiger partial charge on any atom is 0.229 e. The third kappa shape index (κ3) is 3.05. The number of hydrogen-bond acceptors (Lipinski definition) is 3. The van der Waals surface area contributed by atoms with E-state index in [2.05, 4.69) is 0 Å². The third-order valence-electron chi connectivity index (χ3n) is 2.20. The lowest BCUT2D eigenvalue weighted by Crippen LogP contribution is -2.09. The fraction of sp³-hybridized carbons (Fsp3) is 0.400. The summed E-state index contributed by atoms with van der Waals surface area (Å²) in [6, 6.07) is 6.89. The summed E-state index contributed by atoms with van der Waals surface area (Å²) in [6.45, 7) is 2.72. The Morgan fingerprint density at radius 1 is 1.53 bits per heavy atom. The highest BCUT2D eigenvalue weighted by Gasteiger charge is 2.27. The smallest absolute Gasteiger partial charge is 0.229 e. The molecule has 0 N–H and O–H groups in total. The molecule has 3 nitrogen and oxygen atoms in total. The molecule has 1 fully saturated rings. The third-order valence-corrected chi connectivity index (χ3v) is 4.33. The standard InChI is InChI=1S/C10H12ClO3P/c1-15(12,14-7-9-6-13-9)10-4-2-8(11)3-5-10/h2-5,9H,6-7H2,1H3. The van der Waals surface area contributed by atoms with E-state index < -0.39 is 7.37 Å². The van der Waals surface area contributed by atoms with Crippen LogP contribution >= 0.6 is 19.0 Å². The Kier molecular flexibility index (Phi) is 3.17. The lowest BCUT2D eigenvalue weighted by Gasteiger charge is -2.13. The van der Waals surface area contributed by atoms with Gasteiger partial charge in [-0.25, -0.2) is 0 Å². The Morgan fingerprint density at radius 2 is 2.13 bits per heavy atom. The highest BCUT2D eigenvalue weighted by molar-refractivity contribution is 7.66. The van der Waals surface area contributed by atoms with E-state index in [0.717, 1.165) is 0 Å². The largest absolute Gasteiger partial charge is 0.371 e. The van der Waals surface area contributed by atoms with E-state index in [4.69, 9.17) is 20.9 Å². The maximum atomic E-state index is 12.1. The van der Waals surface area contributed by atoms with Gasteiger partial charge in [-0.15, -0.1) is 0 Å². The number of halogens is 1. The van der Waals surface area contributed by atoms with Crippen molar-refractivity contribution in [3.05, 3.63) is 29.3 Å². The summed E-state index contributed by atoms with van der Waals surface area (Å²) < 4.78 is 22.5. The highest BCUT2D eigenvalue weighted by Crippen LogP contribution is 2.42. The topological polar surface area (TPSA) is 38.8 Å². The molecule has 0 aliphatic carbocycles. The zero-order valence-corrected chi connectivity index (χ0v) is 10.0. The van der Waals surface area contributed by atoms with Crippen LogP contribution in [0.15, 0.2) is 24.3 Å². The van der Waals surface area contributed by atoms with E-state index in [-0.39, 0.29) is 6.10 Å². The predicted octanol–water partition coefficient (Wildman–Crippen LogP) is 2.29. The molecular formula is C10H12ClO3P. The average Bonchev–Trinajstić information content (AvgIpc) is 2.99. The summed E-state index contributed by atoms with van der Waals surface area (Å²) in [7, 11) is -2.72. The minimum atomic E-state index is -2.72. The monoisotopic (exact) mass is 246 g/mol. The van der Waals surface area contributed by atoms with Crippen LogP contribution < -0.4 is 5.30 Å². The quantitative estimate of drug-likeness (QED) is 0.604. The van der Waals surface area contributed by atoms with Crippen molar-refractivity contribution in [3.63, 3.8) is 0 Å². The number of ether oxygens (including phenoxy) is 1. The van der Waals surface area contributed by atoms with Gasteiger partial charge in [-0.05, 0) is 24.3 Å². The van der Waals surface area contributed by atoms with Crippen molar-refractivity contribution in [2.75, 3.05) is 19.9 Å². The molecule has 15 heavy (non-hydrogen) atoms. The molecule has 5 heteroatoms. The summed E-state index contributed by atoms with van der Waals surface area (Å²) in [6.07, 6.45) is 0.130. The van der Waals surface area contributed by atoms with Crippen LogP contribution in [0.5, 0.6) is 0 Å². The fourth-order valence-corrected chi connectivity index (χ4v) is 2.59. The number of hydrogen-bond donors (Lipinski definition) is 0. The van der Waals surface area contributed by atoms with Crippen LogP contribution in [0.4, 0.5) is 0 Å². The first-order valence-corrected chi connectivity index (χ1v) is 7.13. The zero-order chi connectivity index (χ0) is 10.9. The molecule has 2 atom stereocenters. The molecule has 0 aromatic heterocycles. The molecule has 0 amide bonds. The van der Waals surface area contributed by atoms with Crippen molar-refractivity contribution in [2.45, 2.75) is 6.10 Å². The molecule has 0 bridgehead atoms. The Balaban J connectivity index is 2.05. The van der Waals surface area contributed by atoms with Crippen molar-refractivity contribution in [3.8, 4) is 0 Å². The summed E-state index contributed by atoms with van der Waals surface area (Å²) in [4.78, 5) is 0. The minimum absolute atomic E-state index is 0.130. The second-order valence-corrected chi connectivity index (χ2v) is 6.48. The molecule has 2 unspecified atom stereocenters. The molecule has 1 aromatic carbocycles. The van der Waals surface area contributed by atoms with E-state index in [9.17, 15) is 4.57 Å². The Hall–Kier alpha value is -0.340. The molecule has 0 saturated carbocycles. The summed E-state index contributed by atoms with van der Waals surface area (Å²) in [5.41, 5.74) is 0. The second kappa shape index (κ2) is 4.26. The normalized spacial score (nSPS) is 23.5. The van der Waals surface area contributed by atoms with Gasteiger partial charge in [-0.2, -0.15) is 0 Å². The second-order valence-electron chi connectivity index (χ2n) is 3.57. The van der Waals surface area contributed by atoms with Crippen LogP contribution in [-0.2, 0) is 13.8 Å². The van der Waals surface area contributed by atoms with E-state index in [1.54, 1.807) is 30.9 Å². The predicted molar refractivity (Wildman–Crippen MR) is 60.3 cm³/mol. The first-order chi connectivity index (χ1) is 7.08. The number of benzene rings is 1. The molecule has 1 aliphatic rings. The minimum Gasteiger partial charge on any atom is -0.371 e. The van der Waals surface area contributed by atoms with Gasteiger partial charge in [0, 0.05) is 17.0 Å². The van der Waals surface area contributed by atoms with Gasteiger partial charge in [0.1, 0.15) is 6.10 Å². The molecule has 0 radical (unpaired) electrons. The number of epoxide rings is 1. The molecule has 1 saturated heterocycles. The Morgan fingerprint density at radius 3 is 2.67 bits per heavy atom. The Labute approximate surface area is 93.8 Å².